The predicted octanol–water partition coefficient (Wildman–Crippen LogP) is 0.648. The highest BCUT2D eigenvalue weighted by Crippen LogP contribution is 2.06. The average molecular weight is 181 g/mol. The Hall–Kier alpha value is -0.620. The number of hydrogen-bond acceptors (Lipinski definition) is 3. The highest BCUT2D eigenvalue weighted by atomic mass is 32.2. The van der Waals surface area contributed by atoms with E-state index < -0.39 is 23.0 Å². The molecular formula is C5H11NO4S. The number of amides is 1. The summed E-state index contributed by atoms with van der Waals surface area (Å²) in [6.07, 6.45) is -0.904. The molecule has 1 atom stereocenters. The summed E-state index contributed by atoms with van der Waals surface area (Å²) < 4.78 is 24.5. The van der Waals surface area contributed by atoms with Crippen molar-refractivity contribution in [3.05, 3.63) is 0 Å². The molecule has 0 aromatic rings. The van der Waals surface area contributed by atoms with Crippen LogP contribution in [0, 0.1) is 0 Å². The maximum Gasteiger partial charge on any atom is 0.421 e. The first kappa shape index (κ1) is 10.4. The first-order valence-corrected chi connectivity index (χ1v) is 4.02. The second kappa shape index (κ2) is 3.68. The number of ether oxygens (including phenoxy) is 1. The Balaban J connectivity index is 3.80. The Morgan fingerprint density at radius 1 is 1.55 bits per heavy atom. The van der Waals surface area contributed by atoms with E-state index >= 15 is 0 Å². The molecule has 0 radical (unpaired) electrons. The van der Waals surface area contributed by atoms with Crippen molar-refractivity contribution in [1.29, 1.82) is 0 Å². The Kier molecular flexibility index (Phi) is 3.47. The summed E-state index contributed by atoms with van der Waals surface area (Å²) in [5.74, 6) is 0. The van der Waals surface area contributed by atoms with Crippen LogP contribution < -0.4 is 4.72 Å². The summed E-state index contributed by atoms with van der Waals surface area (Å²) in [6.45, 7) is 4.98. The van der Waals surface area contributed by atoms with Crippen LogP contribution >= 0.6 is 0 Å². The number of rotatable bonds is 1. The maximum atomic E-state index is 10.6. The first-order chi connectivity index (χ1) is 4.81. The SMILES string of the molecule is CC(C)(C)OC(=O)NS(=O)O. The lowest BCUT2D eigenvalue weighted by atomic mass is 10.2. The van der Waals surface area contributed by atoms with E-state index in [1.54, 1.807) is 25.5 Å². The smallest absolute Gasteiger partial charge is 0.421 e. The lowest BCUT2D eigenvalue weighted by Crippen LogP contribution is -2.33. The fraction of sp³-hybridized carbons (Fsp3) is 0.800. The largest absolute Gasteiger partial charge is 0.443 e. The minimum absolute atomic E-state index is 0.649. The molecule has 6 heteroatoms. The van der Waals surface area contributed by atoms with Crippen LogP contribution in [-0.2, 0) is 16.0 Å². The number of nitrogens with one attached hydrogen (secondary N) is 1. The molecule has 1 unspecified atom stereocenters. The molecule has 0 saturated carbocycles. The van der Waals surface area contributed by atoms with Crippen molar-refractivity contribution in [2.24, 2.45) is 0 Å². The van der Waals surface area contributed by atoms with Gasteiger partial charge in [0.25, 0.3) is 11.3 Å². The molecule has 0 rings (SSSR count). The zero-order chi connectivity index (χ0) is 9.07. The van der Waals surface area contributed by atoms with Crippen LogP contribution in [-0.4, -0.2) is 20.5 Å². The Morgan fingerprint density at radius 2 is 2.00 bits per heavy atom. The van der Waals surface area contributed by atoms with Crippen molar-refractivity contribution in [3.8, 4) is 0 Å². The predicted molar refractivity (Wildman–Crippen MR) is 40.1 cm³/mol. The molecule has 0 aromatic heterocycles. The van der Waals surface area contributed by atoms with Gasteiger partial charge in [-0.25, -0.2) is 13.7 Å². The molecule has 1 amide bonds. The highest BCUT2D eigenvalue weighted by Gasteiger charge is 2.16. The van der Waals surface area contributed by atoms with Gasteiger partial charge in [0.1, 0.15) is 5.60 Å². The normalized spacial score (nSPS) is 13.8. The number of carbonyl (C=O) groups excluding carboxylic acids is 1. The molecule has 11 heavy (non-hydrogen) atoms. The molecule has 66 valence electrons. The summed E-state index contributed by atoms with van der Waals surface area (Å²) in [5.41, 5.74) is -0.649. The standard InChI is InChI=1S/C5H11NO4S/c1-5(2,3)10-4(7)6-11(8)9/h1-3H3,(H,6,7)(H,8,9). The van der Waals surface area contributed by atoms with Crippen LogP contribution in [0.5, 0.6) is 0 Å². The molecule has 0 fully saturated rings. The van der Waals surface area contributed by atoms with Gasteiger partial charge in [-0.3, -0.25) is 4.55 Å². The fourth-order valence-corrected chi connectivity index (χ4v) is 0.554. The van der Waals surface area contributed by atoms with Crippen LogP contribution in [0.2, 0.25) is 0 Å². The van der Waals surface area contributed by atoms with Crippen molar-refractivity contribution in [3.63, 3.8) is 0 Å². The molecule has 5 nitrogen and oxygen atoms in total. The summed E-state index contributed by atoms with van der Waals surface area (Å²) in [5, 5.41) is 0. The molecule has 0 aliphatic heterocycles. The average Bonchev–Trinajstić information content (AvgIpc) is 1.53. The molecular weight excluding hydrogens is 170 g/mol. The van der Waals surface area contributed by atoms with Crippen molar-refractivity contribution >= 4 is 17.4 Å². The summed E-state index contributed by atoms with van der Waals surface area (Å²) in [7, 11) is 0. The Labute approximate surface area is 67.5 Å². The molecule has 0 bridgehead atoms. The number of carbonyl (C=O) groups is 1. The summed E-state index contributed by atoms with van der Waals surface area (Å²) in [4.78, 5) is 10.6. The summed E-state index contributed by atoms with van der Waals surface area (Å²) >= 11 is -2.35. The van der Waals surface area contributed by atoms with Crippen molar-refractivity contribution < 1.29 is 18.3 Å². The number of hydrogen-bond donors (Lipinski definition) is 2. The zero-order valence-corrected chi connectivity index (χ0v) is 7.40. The monoisotopic (exact) mass is 181 g/mol. The minimum atomic E-state index is -2.35. The molecule has 0 heterocycles. The van der Waals surface area contributed by atoms with Crippen LogP contribution in [0.4, 0.5) is 4.79 Å². The molecule has 0 spiro atoms. The molecule has 0 aliphatic rings. The lowest BCUT2D eigenvalue weighted by Gasteiger charge is -2.18. The van der Waals surface area contributed by atoms with Gasteiger partial charge >= 0.3 is 6.09 Å². The molecule has 0 aliphatic carbocycles. The van der Waals surface area contributed by atoms with E-state index in [-0.39, 0.29) is 0 Å². The van der Waals surface area contributed by atoms with Gasteiger partial charge in [-0.05, 0) is 20.8 Å². The van der Waals surface area contributed by atoms with Crippen molar-refractivity contribution in [2.45, 2.75) is 26.4 Å². The minimum Gasteiger partial charge on any atom is -0.443 e. The Bertz CT molecular complexity index is 174. The van der Waals surface area contributed by atoms with E-state index in [1.807, 2.05) is 0 Å². The lowest BCUT2D eigenvalue weighted by molar-refractivity contribution is 0.0569. The molecule has 0 saturated heterocycles. The highest BCUT2D eigenvalue weighted by molar-refractivity contribution is 7.77. The van der Waals surface area contributed by atoms with Crippen LogP contribution in [0.15, 0.2) is 0 Å². The summed E-state index contributed by atoms with van der Waals surface area (Å²) in [6, 6.07) is 0. The van der Waals surface area contributed by atoms with Crippen LogP contribution in [0.1, 0.15) is 20.8 Å². The Morgan fingerprint density at radius 3 is 2.27 bits per heavy atom. The quantitative estimate of drug-likeness (QED) is 0.582. The first-order valence-electron chi connectivity index (χ1n) is 2.92. The van der Waals surface area contributed by atoms with E-state index in [2.05, 4.69) is 4.74 Å². The maximum absolute atomic E-state index is 10.6. The zero-order valence-electron chi connectivity index (χ0n) is 6.58. The topological polar surface area (TPSA) is 75.6 Å². The van der Waals surface area contributed by atoms with Gasteiger partial charge in [0.05, 0.1) is 0 Å². The van der Waals surface area contributed by atoms with Gasteiger partial charge < -0.3 is 4.74 Å². The van der Waals surface area contributed by atoms with E-state index in [1.165, 1.54) is 0 Å². The fourth-order valence-electron chi connectivity index (χ4n) is 0.370. The molecule has 2 N–H and O–H groups in total. The second-order valence-corrected chi connectivity index (χ2v) is 3.56. The van der Waals surface area contributed by atoms with Gasteiger partial charge in [0.15, 0.2) is 0 Å². The van der Waals surface area contributed by atoms with Gasteiger partial charge in [0.2, 0.25) is 0 Å². The molecule has 0 aromatic carbocycles. The van der Waals surface area contributed by atoms with Gasteiger partial charge in [-0.2, -0.15) is 0 Å². The van der Waals surface area contributed by atoms with Crippen molar-refractivity contribution in [2.75, 3.05) is 0 Å². The van der Waals surface area contributed by atoms with E-state index in [9.17, 15) is 9.00 Å². The van der Waals surface area contributed by atoms with E-state index in [0.29, 0.717) is 0 Å². The van der Waals surface area contributed by atoms with Gasteiger partial charge in [-0.1, -0.05) is 0 Å². The van der Waals surface area contributed by atoms with E-state index in [0.717, 1.165) is 0 Å². The van der Waals surface area contributed by atoms with Gasteiger partial charge in [0, 0.05) is 0 Å². The van der Waals surface area contributed by atoms with E-state index in [4.69, 9.17) is 4.55 Å². The van der Waals surface area contributed by atoms with Crippen molar-refractivity contribution in [1.82, 2.24) is 4.72 Å². The third-order valence-electron chi connectivity index (χ3n) is 0.570. The second-order valence-electron chi connectivity index (χ2n) is 2.85. The third-order valence-corrected chi connectivity index (χ3v) is 0.911. The third kappa shape index (κ3) is 7.27. The van der Waals surface area contributed by atoms with Gasteiger partial charge in [-0.15, -0.1) is 0 Å². The van der Waals surface area contributed by atoms with Crippen LogP contribution in [0.25, 0.3) is 0 Å². The van der Waals surface area contributed by atoms with Crippen LogP contribution in [0.3, 0.4) is 0 Å².